The van der Waals surface area contributed by atoms with Crippen LogP contribution in [0.5, 0.6) is 17.2 Å². The lowest BCUT2D eigenvalue weighted by atomic mass is 10.1. The van der Waals surface area contributed by atoms with E-state index in [2.05, 4.69) is 5.32 Å². The fraction of sp³-hybridized carbons (Fsp3) is 0.278. The molecule has 2 aromatic rings. The van der Waals surface area contributed by atoms with Gasteiger partial charge in [0.1, 0.15) is 22.8 Å². The monoisotopic (exact) mass is 315 g/mol. The lowest BCUT2D eigenvalue weighted by molar-refractivity contribution is 0.0933. The number of nitrogens with one attached hydrogen (secondary N) is 1. The summed E-state index contributed by atoms with van der Waals surface area (Å²) >= 11 is 0. The molecule has 1 amide bonds. The molecule has 2 rings (SSSR count). The van der Waals surface area contributed by atoms with Gasteiger partial charge in [0, 0.05) is 12.1 Å². The molecule has 0 aliphatic heterocycles. The Kier molecular flexibility index (Phi) is 5.46. The molecule has 0 aliphatic rings. The van der Waals surface area contributed by atoms with Crippen LogP contribution >= 0.6 is 0 Å². The molecule has 0 radical (unpaired) electrons. The Morgan fingerprint density at radius 3 is 2.00 bits per heavy atom. The molecule has 0 spiro atoms. The second-order valence-corrected chi connectivity index (χ2v) is 5.01. The van der Waals surface area contributed by atoms with E-state index in [1.807, 2.05) is 37.3 Å². The maximum atomic E-state index is 12.7. The summed E-state index contributed by atoms with van der Waals surface area (Å²) in [7, 11) is 4.56. The largest absolute Gasteiger partial charge is 0.496 e. The molecule has 0 saturated carbocycles. The molecule has 0 saturated heterocycles. The summed E-state index contributed by atoms with van der Waals surface area (Å²) in [6.45, 7) is 1.93. The number of benzene rings is 2. The molecule has 0 aliphatic carbocycles. The third-order valence-electron chi connectivity index (χ3n) is 3.59. The van der Waals surface area contributed by atoms with Gasteiger partial charge in [0.15, 0.2) is 0 Å². The zero-order chi connectivity index (χ0) is 16.8. The van der Waals surface area contributed by atoms with E-state index in [1.54, 1.807) is 19.2 Å². The van der Waals surface area contributed by atoms with Crippen molar-refractivity contribution in [3.63, 3.8) is 0 Å². The summed E-state index contributed by atoms with van der Waals surface area (Å²) in [6.07, 6.45) is 0. The number of amides is 1. The normalized spacial score (nSPS) is 11.5. The Balaban J connectivity index is 2.31. The minimum absolute atomic E-state index is 0.139. The highest BCUT2D eigenvalue weighted by Crippen LogP contribution is 2.34. The van der Waals surface area contributed by atoms with Gasteiger partial charge < -0.3 is 19.5 Å². The van der Waals surface area contributed by atoms with E-state index in [0.29, 0.717) is 22.8 Å². The highest BCUT2D eigenvalue weighted by Gasteiger charge is 2.22. The predicted octanol–water partition coefficient (Wildman–Crippen LogP) is 3.20. The van der Waals surface area contributed by atoms with Gasteiger partial charge in [-0.25, -0.2) is 0 Å². The summed E-state index contributed by atoms with van der Waals surface area (Å²) in [4.78, 5) is 12.7. The first-order valence-corrected chi connectivity index (χ1v) is 7.26. The first kappa shape index (κ1) is 16.7. The number of hydrogen-bond acceptors (Lipinski definition) is 4. The Hall–Kier alpha value is -2.69. The van der Waals surface area contributed by atoms with Crippen LogP contribution in [0.3, 0.4) is 0 Å². The molecule has 0 aromatic heterocycles. The van der Waals surface area contributed by atoms with Crippen LogP contribution in [0.1, 0.15) is 28.9 Å². The number of ether oxygens (including phenoxy) is 3. The van der Waals surface area contributed by atoms with Gasteiger partial charge in [0.05, 0.1) is 27.4 Å². The number of rotatable bonds is 6. The van der Waals surface area contributed by atoms with Gasteiger partial charge in [-0.2, -0.15) is 0 Å². The topological polar surface area (TPSA) is 56.8 Å². The molecule has 5 nitrogen and oxygen atoms in total. The van der Waals surface area contributed by atoms with Crippen LogP contribution in [0.25, 0.3) is 0 Å². The molecule has 1 atom stereocenters. The van der Waals surface area contributed by atoms with Crippen LogP contribution < -0.4 is 19.5 Å². The molecule has 5 heteroatoms. The van der Waals surface area contributed by atoms with E-state index < -0.39 is 0 Å². The Bertz CT molecular complexity index is 645. The smallest absolute Gasteiger partial charge is 0.259 e. The lowest BCUT2D eigenvalue weighted by Crippen LogP contribution is -2.27. The predicted molar refractivity (Wildman–Crippen MR) is 88.4 cm³/mol. The summed E-state index contributed by atoms with van der Waals surface area (Å²) in [5.74, 6) is 1.10. The summed E-state index contributed by atoms with van der Waals surface area (Å²) in [5.41, 5.74) is 1.37. The maximum absolute atomic E-state index is 12.7. The number of hydrogen-bond donors (Lipinski definition) is 1. The fourth-order valence-electron chi connectivity index (χ4n) is 2.32. The number of carbonyl (C=O) groups excluding carboxylic acids is 1. The summed E-state index contributed by atoms with van der Waals surface area (Å²) < 4.78 is 15.8. The first-order valence-electron chi connectivity index (χ1n) is 7.26. The number of carbonyl (C=O) groups is 1. The Labute approximate surface area is 136 Å². The quantitative estimate of drug-likeness (QED) is 0.889. The Morgan fingerprint density at radius 1 is 0.957 bits per heavy atom. The average molecular weight is 315 g/mol. The van der Waals surface area contributed by atoms with Crippen molar-refractivity contribution in [2.45, 2.75) is 13.0 Å². The van der Waals surface area contributed by atoms with Gasteiger partial charge in [0.25, 0.3) is 5.91 Å². The van der Waals surface area contributed by atoms with Gasteiger partial charge >= 0.3 is 0 Å². The third kappa shape index (κ3) is 3.74. The lowest BCUT2D eigenvalue weighted by Gasteiger charge is -2.18. The molecule has 1 N–H and O–H groups in total. The second kappa shape index (κ2) is 7.54. The van der Waals surface area contributed by atoms with Crippen molar-refractivity contribution in [2.75, 3.05) is 21.3 Å². The minimum atomic E-state index is -0.266. The van der Waals surface area contributed by atoms with E-state index in [-0.39, 0.29) is 11.9 Å². The molecule has 2 aromatic carbocycles. The second-order valence-electron chi connectivity index (χ2n) is 5.01. The van der Waals surface area contributed by atoms with Gasteiger partial charge in [-0.3, -0.25) is 4.79 Å². The summed E-state index contributed by atoms with van der Waals surface area (Å²) in [6, 6.07) is 12.9. The van der Waals surface area contributed by atoms with Gasteiger partial charge in [-0.1, -0.05) is 30.3 Å². The standard InChI is InChI=1S/C18H21NO4/c1-12(13-8-6-5-7-9-13)19-18(20)17-15(22-3)10-14(21-2)11-16(17)23-4/h5-12H,1-4H3,(H,19,20). The van der Waals surface area contributed by atoms with Crippen LogP contribution in [-0.4, -0.2) is 27.2 Å². The molecular formula is C18H21NO4. The highest BCUT2D eigenvalue weighted by molar-refractivity contribution is 6.00. The van der Waals surface area contributed by atoms with Crippen molar-refractivity contribution < 1.29 is 19.0 Å². The van der Waals surface area contributed by atoms with E-state index in [1.165, 1.54) is 14.2 Å². The van der Waals surface area contributed by atoms with Crippen molar-refractivity contribution in [1.29, 1.82) is 0 Å². The van der Waals surface area contributed by atoms with E-state index in [0.717, 1.165) is 5.56 Å². The molecule has 0 bridgehead atoms. The molecule has 23 heavy (non-hydrogen) atoms. The van der Waals surface area contributed by atoms with Crippen LogP contribution in [0.2, 0.25) is 0 Å². The zero-order valence-corrected chi connectivity index (χ0v) is 13.8. The highest BCUT2D eigenvalue weighted by atomic mass is 16.5. The summed E-state index contributed by atoms with van der Waals surface area (Å²) in [5, 5.41) is 2.96. The van der Waals surface area contributed by atoms with E-state index >= 15 is 0 Å². The molecule has 122 valence electrons. The average Bonchev–Trinajstić information content (AvgIpc) is 2.60. The van der Waals surface area contributed by atoms with E-state index in [9.17, 15) is 4.79 Å². The van der Waals surface area contributed by atoms with Gasteiger partial charge in [0.2, 0.25) is 0 Å². The van der Waals surface area contributed by atoms with Crippen LogP contribution in [0.15, 0.2) is 42.5 Å². The van der Waals surface area contributed by atoms with Crippen LogP contribution in [0, 0.1) is 0 Å². The van der Waals surface area contributed by atoms with E-state index in [4.69, 9.17) is 14.2 Å². The Morgan fingerprint density at radius 2 is 1.52 bits per heavy atom. The van der Waals surface area contributed by atoms with Gasteiger partial charge in [-0.15, -0.1) is 0 Å². The maximum Gasteiger partial charge on any atom is 0.259 e. The minimum Gasteiger partial charge on any atom is -0.496 e. The number of methoxy groups -OCH3 is 3. The molecule has 0 heterocycles. The van der Waals surface area contributed by atoms with Crippen molar-refractivity contribution in [2.24, 2.45) is 0 Å². The van der Waals surface area contributed by atoms with Crippen molar-refractivity contribution in [3.05, 3.63) is 53.6 Å². The van der Waals surface area contributed by atoms with Crippen molar-refractivity contribution >= 4 is 5.91 Å². The van der Waals surface area contributed by atoms with Crippen LogP contribution in [-0.2, 0) is 0 Å². The molecule has 0 fully saturated rings. The fourth-order valence-corrected chi connectivity index (χ4v) is 2.32. The van der Waals surface area contributed by atoms with Gasteiger partial charge in [-0.05, 0) is 12.5 Å². The zero-order valence-electron chi connectivity index (χ0n) is 13.8. The SMILES string of the molecule is COc1cc(OC)c(C(=O)NC(C)c2ccccc2)c(OC)c1. The molecular weight excluding hydrogens is 294 g/mol. The first-order chi connectivity index (χ1) is 11.1. The molecule has 1 unspecified atom stereocenters. The van der Waals surface area contributed by atoms with Crippen molar-refractivity contribution in [3.8, 4) is 17.2 Å². The van der Waals surface area contributed by atoms with Crippen molar-refractivity contribution in [1.82, 2.24) is 5.32 Å². The van der Waals surface area contributed by atoms with Crippen LogP contribution in [0.4, 0.5) is 0 Å². The third-order valence-corrected chi connectivity index (χ3v) is 3.59.